The van der Waals surface area contributed by atoms with Gasteiger partial charge in [-0.15, -0.1) is 5.10 Å². The van der Waals surface area contributed by atoms with Crippen LogP contribution in [0, 0.1) is 0 Å². The van der Waals surface area contributed by atoms with Crippen molar-refractivity contribution in [1.82, 2.24) is 14.8 Å². The molecule has 6 nitrogen and oxygen atoms in total. The van der Waals surface area contributed by atoms with E-state index in [1.165, 1.54) is 0 Å². The molecule has 0 amide bonds. The zero-order chi connectivity index (χ0) is 20.8. The van der Waals surface area contributed by atoms with Crippen LogP contribution in [0.15, 0.2) is 60.7 Å². The van der Waals surface area contributed by atoms with Crippen molar-refractivity contribution in [2.75, 3.05) is 0 Å². The first kappa shape index (κ1) is 20.2. The highest BCUT2D eigenvalue weighted by Crippen LogP contribution is 2.24. The molecule has 0 unspecified atom stereocenters. The first-order valence-electron chi connectivity index (χ1n) is 9.53. The monoisotopic (exact) mass is 389 g/mol. The Bertz CT molecular complexity index is 1050. The Morgan fingerprint density at radius 2 is 1.83 bits per heavy atom. The maximum absolute atomic E-state index is 12.0. The van der Waals surface area contributed by atoms with Gasteiger partial charge >= 0.3 is 5.97 Å². The molecule has 0 bridgehead atoms. The van der Waals surface area contributed by atoms with Crippen molar-refractivity contribution in [3.63, 3.8) is 0 Å². The Hall–Kier alpha value is -3.54. The maximum atomic E-state index is 12.0. The van der Waals surface area contributed by atoms with Gasteiger partial charge < -0.3 is 5.11 Å². The zero-order valence-electron chi connectivity index (χ0n) is 16.5. The first-order chi connectivity index (χ1) is 14.0. The average Bonchev–Trinajstić information content (AvgIpc) is 3.14. The molecule has 0 fully saturated rings. The van der Waals surface area contributed by atoms with Crippen molar-refractivity contribution in [3.05, 3.63) is 83.5 Å². The molecule has 0 saturated heterocycles. The normalized spacial score (nSPS) is 11.1. The number of allylic oxidation sites excluding steroid dienone is 2. The lowest BCUT2D eigenvalue weighted by Gasteiger charge is -2.08. The minimum absolute atomic E-state index is 0.0777. The lowest BCUT2D eigenvalue weighted by Crippen LogP contribution is -2.07. The summed E-state index contributed by atoms with van der Waals surface area (Å²) in [5.74, 6) is -0.0423. The molecule has 3 rings (SSSR count). The van der Waals surface area contributed by atoms with E-state index in [9.17, 15) is 14.7 Å². The van der Waals surface area contributed by atoms with Crippen molar-refractivity contribution in [3.8, 4) is 11.1 Å². The number of aromatic nitrogens is 3. The smallest absolute Gasteiger partial charge is 0.336 e. The van der Waals surface area contributed by atoms with Gasteiger partial charge in [-0.2, -0.15) is 0 Å². The van der Waals surface area contributed by atoms with E-state index in [0.29, 0.717) is 24.9 Å². The lowest BCUT2D eigenvalue weighted by atomic mass is 9.99. The third-order valence-corrected chi connectivity index (χ3v) is 4.61. The average molecular weight is 389 g/mol. The highest BCUT2D eigenvalue weighted by atomic mass is 16.4. The van der Waals surface area contributed by atoms with Crippen molar-refractivity contribution in [2.45, 2.75) is 33.2 Å². The molecule has 0 aliphatic carbocycles. The molecule has 3 aromatic rings. The van der Waals surface area contributed by atoms with E-state index < -0.39 is 5.97 Å². The fraction of sp³-hybridized carbons (Fsp3) is 0.217. The van der Waals surface area contributed by atoms with Crippen molar-refractivity contribution in [1.29, 1.82) is 0 Å². The number of carbonyl (C=O) groups is 2. The van der Waals surface area contributed by atoms with Gasteiger partial charge in [0.15, 0.2) is 0 Å². The molecule has 0 aliphatic rings. The molecule has 6 heteroatoms. The summed E-state index contributed by atoms with van der Waals surface area (Å²) in [5.41, 5.74) is 2.77. The molecule has 2 aromatic carbocycles. The van der Waals surface area contributed by atoms with E-state index in [0.717, 1.165) is 17.0 Å². The molecular formula is C23H23N3O3. The SMILES string of the molecule is CC=CCc1nc(C(=O)CC)nn1Cc1ccc(-c2ccccc2C(=O)O)cc1. The topological polar surface area (TPSA) is 85.1 Å². The number of carboxylic acid groups (broad SMARTS) is 1. The van der Waals surface area contributed by atoms with E-state index in [-0.39, 0.29) is 17.2 Å². The van der Waals surface area contributed by atoms with Crippen LogP contribution in [-0.2, 0) is 13.0 Å². The molecule has 1 N–H and O–H groups in total. The predicted octanol–water partition coefficient (Wildman–Crippen LogP) is 4.40. The number of hydrogen-bond acceptors (Lipinski definition) is 4. The van der Waals surface area contributed by atoms with Crippen molar-refractivity contribution >= 4 is 11.8 Å². The molecular weight excluding hydrogens is 366 g/mol. The third kappa shape index (κ3) is 4.66. The second kappa shape index (κ2) is 9.10. The van der Waals surface area contributed by atoms with Crippen molar-refractivity contribution in [2.24, 2.45) is 0 Å². The summed E-state index contributed by atoms with van der Waals surface area (Å²) in [6, 6.07) is 14.6. The van der Waals surface area contributed by atoms with E-state index >= 15 is 0 Å². The zero-order valence-corrected chi connectivity index (χ0v) is 16.5. The number of hydrogen-bond donors (Lipinski definition) is 1. The van der Waals surface area contributed by atoms with Crippen LogP contribution < -0.4 is 0 Å². The molecule has 1 aromatic heterocycles. The van der Waals surface area contributed by atoms with Gasteiger partial charge in [0.1, 0.15) is 5.82 Å². The Morgan fingerprint density at radius 1 is 1.10 bits per heavy atom. The molecule has 0 aliphatic heterocycles. The number of benzene rings is 2. The number of carbonyl (C=O) groups excluding carboxylic acids is 1. The second-order valence-corrected chi connectivity index (χ2v) is 6.61. The third-order valence-electron chi connectivity index (χ3n) is 4.61. The summed E-state index contributed by atoms with van der Waals surface area (Å²) in [5, 5.41) is 13.8. The van der Waals surface area contributed by atoms with Crippen LogP contribution >= 0.6 is 0 Å². The van der Waals surface area contributed by atoms with Gasteiger partial charge in [-0.3, -0.25) is 4.79 Å². The fourth-order valence-electron chi connectivity index (χ4n) is 3.04. The van der Waals surface area contributed by atoms with Gasteiger partial charge in [-0.25, -0.2) is 14.5 Å². The Labute approximate surface area is 169 Å². The number of rotatable bonds is 8. The molecule has 0 spiro atoms. The number of ketones is 1. The van der Waals surface area contributed by atoms with E-state index in [2.05, 4.69) is 10.1 Å². The van der Waals surface area contributed by atoms with Crippen LogP contribution in [0.5, 0.6) is 0 Å². The molecule has 148 valence electrons. The summed E-state index contributed by atoms with van der Waals surface area (Å²) in [6.07, 6.45) is 4.89. The number of Topliss-reactive ketones (excluding diaryl/α,β-unsaturated/α-hetero) is 1. The van der Waals surface area contributed by atoms with Crippen LogP contribution in [-0.4, -0.2) is 31.6 Å². The largest absolute Gasteiger partial charge is 0.478 e. The quantitative estimate of drug-likeness (QED) is 0.456. The fourth-order valence-corrected chi connectivity index (χ4v) is 3.04. The first-order valence-corrected chi connectivity index (χ1v) is 9.53. The number of aromatic carboxylic acids is 1. The van der Waals surface area contributed by atoms with Crippen LogP contribution in [0.2, 0.25) is 0 Å². The minimum Gasteiger partial charge on any atom is -0.478 e. The van der Waals surface area contributed by atoms with Gasteiger partial charge in [0.2, 0.25) is 11.6 Å². The summed E-state index contributed by atoms with van der Waals surface area (Å²) in [7, 11) is 0. The van der Waals surface area contributed by atoms with E-state index in [1.807, 2.05) is 49.4 Å². The summed E-state index contributed by atoms with van der Waals surface area (Å²) < 4.78 is 1.75. The minimum atomic E-state index is -0.950. The van der Waals surface area contributed by atoms with Crippen LogP contribution in [0.4, 0.5) is 0 Å². The van der Waals surface area contributed by atoms with E-state index in [4.69, 9.17) is 0 Å². The molecule has 0 atom stereocenters. The second-order valence-electron chi connectivity index (χ2n) is 6.61. The highest BCUT2D eigenvalue weighted by Gasteiger charge is 2.15. The van der Waals surface area contributed by atoms with Crippen LogP contribution in [0.1, 0.15) is 52.6 Å². The van der Waals surface area contributed by atoms with Gasteiger partial charge in [-0.1, -0.05) is 61.5 Å². The summed E-state index contributed by atoms with van der Waals surface area (Å²) in [4.78, 5) is 27.8. The maximum Gasteiger partial charge on any atom is 0.336 e. The highest BCUT2D eigenvalue weighted by molar-refractivity contribution is 5.96. The van der Waals surface area contributed by atoms with Crippen molar-refractivity contribution < 1.29 is 14.7 Å². The Kier molecular flexibility index (Phi) is 6.34. The summed E-state index contributed by atoms with van der Waals surface area (Å²) >= 11 is 0. The van der Waals surface area contributed by atoms with Gasteiger partial charge in [0.05, 0.1) is 12.1 Å². The van der Waals surface area contributed by atoms with E-state index in [1.54, 1.807) is 29.8 Å². The standard InChI is InChI=1S/C23H23N3O3/c1-3-5-10-21-24-22(20(27)4-2)25-26(21)15-16-11-13-17(14-12-16)18-8-6-7-9-19(18)23(28)29/h3,5-9,11-14H,4,10,15H2,1-2H3,(H,28,29). The van der Waals surface area contributed by atoms with Gasteiger partial charge in [-0.05, 0) is 29.7 Å². The van der Waals surface area contributed by atoms with Gasteiger partial charge in [0.25, 0.3) is 0 Å². The Morgan fingerprint density at radius 3 is 2.48 bits per heavy atom. The van der Waals surface area contributed by atoms with Crippen LogP contribution in [0.25, 0.3) is 11.1 Å². The molecule has 1 heterocycles. The number of nitrogens with zero attached hydrogens (tertiary/aromatic N) is 3. The molecule has 0 radical (unpaired) electrons. The molecule has 0 saturated carbocycles. The molecule has 29 heavy (non-hydrogen) atoms. The lowest BCUT2D eigenvalue weighted by molar-refractivity contribution is 0.0697. The van der Waals surface area contributed by atoms with Crippen LogP contribution in [0.3, 0.4) is 0 Å². The number of carboxylic acids is 1. The summed E-state index contributed by atoms with van der Waals surface area (Å²) in [6.45, 7) is 4.21. The Balaban J connectivity index is 1.87. The van der Waals surface area contributed by atoms with Gasteiger partial charge in [0, 0.05) is 12.8 Å². The predicted molar refractivity (Wildman–Crippen MR) is 111 cm³/mol.